The fourth-order valence-corrected chi connectivity index (χ4v) is 2.42. The Morgan fingerprint density at radius 1 is 1.23 bits per heavy atom. The number of hydrogen-bond acceptors (Lipinski definition) is 1. The van der Waals surface area contributed by atoms with E-state index in [-0.39, 0.29) is 5.78 Å². The summed E-state index contributed by atoms with van der Waals surface area (Å²) in [5.41, 5.74) is 1.01. The van der Waals surface area contributed by atoms with Crippen LogP contribution in [0.3, 0.4) is 0 Å². The van der Waals surface area contributed by atoms with Crippen LogP contribution in [0, 0.1) is 0 Å². The highest BCUT2D eigenvalue weighted by Gasteiger charge is 2.08. The summed E-state index contributed by atoms with van der Waals surface area (Å²) in [6.45, 7) is 0. The molecule has 1 rings (SSSR count). The zero-order valence-corrected chi connectivity index (χ0v) is 11.4. The molecule has 0 saturated carbocycles. The van der Waals surface area contributed by atoms with Gasteiger partial charge in [-0.05, 0) is 17.7 Å². The Morgan fingerprint density at radius 2 is 1.77 bits per heavy atom. The van der Waals surface area contributed by atoms with Gasteiger partial charge < -0.3 is 0 Å². The molecule has 0 fully saturated rings. The second-order valence-corrected chi connectivity index (χ2v) is 4.82. The Bertz CT molecular complexity index is 302. The zero-order chi connectivity index (χ0) is 9.84. The quantitative estimate of drug-likeness (QED) is 0.741. The monoisotopic (exact) mass is 368 g/mol. The van der Waals surface area contributed by atoms with Crippen LogP contribution in [-0.4, -0.2) is 11.1 Å². The SMILES string of the molecule is O=C(CBr)Cc1c(Br)cccc1Br. The van der Waals surface area contributed by atoms with E-state index >= 15 is 0 Å². The van der Waals surface area contributed by atoms with Gasteiger partial charge in [0.15, 0.2) is 0 Å². The summed E-state index contributed by atoms with van der Waals surface area (Å²) in [6.07, 6.45) is 0.452. The zero-order valence-electron chi connectivity index (χ0n) is 6.69. The number of hydrogen-bond donors (Lipinski definition) is 0. The molecular formula is C9H7Br3O. The Morgan fingerprint density at radius 3 is 2.23 bits per heavy atom. The van der Waals surface area contributed by atoms with Crippen LogP contribution in [0.15, 0.2) is 27.1 Å². The van der Waals surface area contributed by atoms with E-state index in [1.807, 2.05) is 18.2 Å². The normalized spacial score (nSPS) is 10.1. The van der Waals surface area contributed by atoms with Gasteiger partial charge in [0, 0.05) is 15.4 Å². The van der Waals surface area contributed by atoms with Gasteiger partial charge in [-0.3, -0.25) is 4.79 Å². The molecule has 1 aromatic carbocycles. The maximum Gasteiger partial charge on any atom is 0.147 e. The van der Waals surface area contributed by atoms with Gasteiger partial charge in [-0.15, -0.1) is 0 Å². The van der Waals surface area contributed by atoms with E-state index in [0.717, 1.165) is 14.5 Å². The number of halogens is 3. The lowest BCUT2D eigenvalue weighted by atomic mass is 10.1. The second kappa shape index (κ2) is 5.27. The van der Waals surface area contributed by atoms with Gasteiger partial charge in [0.2, 0.25) is 0 Å². The predicted molar refractivity (Wildman–Crippen MR) is 64.3 cm³/mol. The third-order valence-corrected chi connectivity index (χ3v) is 3.70. The Balaban J connectivity index is 2.93. The molecule has 0 radical (unpaired) electrons. The van der Waals surface area contributed by atoms with Gasteiger partial charge in [0.1, 0.15) is 5.78 Å². The molecule has 0 atom stereocenters. The number of Topliss-reactive ketones (excluding diaryl/α,β-unsaturated/α-hetero) is 1. The lowest BCUT2D eigenvalue weighted by molar-refractivity contribution is -0.115. The van der Waals surface area contributed by atoms with E-state index in [9.17, 15) is 4.79 Å². The first-order valence-corrected chi connectivity index (χ1v) is 6.36. The second-order valence-electron chi connectivity index (χ2n) is 2.55. The van der Waals surface area contributed by atoms with Gasteiger partial charge >= 0.3 is 0 Å². The molecule has 0 heterocycles. The molecule has 13 heavy (non-hydrogen) atoms. The van der Waals surface area contributed by atoms with Gasteiger partial charge in [-0.25, -0.2) is 0 Å². The molecule has 4 heteroatoms. The average Bonchev–Trinajstić information content (AvgIpc) is 2.11. The molecule has 0 amide bonds. The van der Waals surface area contributed by atoms with E-state index in [4.69, 9.17) is 0 Å². The minimum Gasteiger partial charge on any atom is -0.298 e. The molecule has 0 aliphatic heterocycles. The summed E-state index contributed by atoms with van der Waals surface area (Å²) < 4.78 is 1.94. The largest absolute Gasteiger partial charge is 0.298 e. The highest BCUT2D eigenvalue weighted by Crippen LogP contribution is 2.25. The van der Waals surface area contributed by atoms with Gasteiger partial charge in [-0.1, -0.05) is 53.9 Å². The topological polar surface area (TPSA) is 17.1 Å². The molecule has 0 unspecified atom stereocenters. The number of rotatable bonds is 3. The van der Waals surface area contributed by atoms with E-state index in [1.165, 1.54) is 0 Å². The molecule has 0 saturated heterocycles. The van der Waals surface area contributed by atoms with E-state index < -0.39 is 0 Å². The Kier molecular flexibility index (Phi) is 4.62. The fraction of sp³-hybridized carbons (Fsp3) is 0.222. The highest BCUT2D eigenvalue weighted by atomic mass is 79.9. The molecule has 0 N–H and O–H groups in total. The summed E-state index contributed by atoms with van der Waals surface area (Å²) in [4.78, 5) is 11.2. The summed E-state index contributed by atoms with van der Waals surface area (Å²) in [5.74, 6) is 0.174. The third kappa shape index (κ3) is 3.18. The number of benzene rings is 1. The van der Waals surface area contributed by atoms with Crippen molar-refractivity contribution in [2.45, 2.75) is 6.42 Å². The van der Waals surface area contributed by atoms with Gasteiger partial charge in [-0.2, -0.15) is 0 Å². The molecule has 0 bridgehead atoms. The number of carbonyl (C=O) groups excluding carboxylic acids is 1. The first-order valence-electron chi connectivity index (χ1n) is 3.65. The van der Waals surface area contributed by atoms with Crippen molar-refractivity contribution in [1.82, 2.24) is 0 Å². The lowest BCUT2D eigenvalue weighted by Crippen LogP contribution is -2.04. The molecule has 0 aromatic heterocycles. The molecular weight excluding hydrogens is 364 g/mol. The fourth-order valence-electron chi connectivity index (χ4n) is 0.946. The van der Waals surface area contributed by atoms with E-state index in [2.05, 4.69) is 47.8 Å². The summed E-state index contributed by atoms with van der Waals surface area (Å²) in [6, 6.07) is 5.79. The molecule has 0 aliphatic rings. The van der Waals surface area contributed by atoms with Crippen LogP contribution in [-0.2, 0) is 11.2 Å². The number of ketones is 1. The van der Waals surface area contributed by atoms with Crippen LogP contribution in [0.25, 0.3) is 0 Å². The van der Waals surface area contributed by atoms with Gasteiger partial charge in [0.25, 0.3) is 0 Å². The molecule has 70 valence electrons. The van der Waals surface area contributed by atoms with Crippen molar-refractivity contribution in [3.63, 3.8) is 0 Å². The Hall–Kier alpha value is 0.330. The van der Waals surface area contributed by atoms with E-state index in [0.29, 0.717) is 11.8 Å². The van der Waals surface area contributed by atoms with Crippen LogP contribution in [0.1, 0.15) is 5.56 Å². The third-order valence-electron chi connectivity index (χ3n) is 1.58. The lowest BCUT2D eigenvalue weighted by Gasteiger charge is -2.04. The van der Waals surface area contributed by atoms with Crippen molar-refractivity contribution < 1.29 is 4.79 Å². The van der Waals surface area contributed by atoms with Crippen molar-refractivity contribution >= 4 is 53.6 Å². The Labute approximate surface area is 102 Å². The number of alkyl halides is 1. The summed E-state index contributed by atoms with van der Waals surface area (Å²) in [5, 5.41) is 0.404. The van der Waals surface area contributed by atoms with Crippen LogP contribution in [0.5, 0.6) is 0 Å². The van der Waals surface area contributed by atoms with Crippen LogP contribution >= 0.6 is 47.8 Å². The minimum atomic E-state index is 0.174. The van der Waals surface area contributed by atoms with Crippen molar-refractivity contribution in [1.29, 1.82) is 0 Å². The first-order chi connectivity index (χ1) is 6.15. The van der Waals surface area contributed by atoms with Gasteiger partial charge in [0.05, 0.1) is 5.33 Å². The van der Waals surface area contributed by atoms with Crippen molar-refractivity contribution in [2.24, 2.45) is 0 Å². The van der Waals surface area contributed by atoms with Crippen molar-refractivity contribution in [3.8, 4) is 0 Å². The molecule has 1 aromatic rings. The number of carbonyl (C=O) groups is 1. The maximum atomic E-state index is 11.2. The smallest absolute Gasteiger partial charge is 0.147 e. The predicted octanol–water partition coefficient (Wildman–Crippen LogP) is 3.72. The van der Waals surface area contributed by atoms with Crippen molar-refractivity contribution in [3.05, 3.63) is 32.7 Å². The summed E-state index contributed by atoms with van der Waals surface area (Å²) >= 11 is 9.96. The van der Waals surface area contributed by atoms with Crippen LogP contribution < -0.4 is 0 Å². The molecule has 1 nitrogen and oxygen atoms in total. The van der Waals surface area contributed by atoms with E-state index in [1.54, 1.807) is 0 Å². The average molecular weight is 371 g/mol. The maximum absolute atomic E-state index is 11.2. The summed E-state index contributed by atoms with van der Waals surface area (Å²) in [7, 11) is 0. The standard InChI is InChI=1S/C9H7Br3O/c10-5-6(13)4-7-8(11)2-1-3-9(7)12/h1-3H,4-5H2. The van der Waals surface area contributed by atoms with Crippen molar-refractivity contribution in [2.75, 3.05) is 5.33 Å². The molecule has 0 aliphatic carbocycles. The molecule has 0 spiro atoms. The first kappa shape index (κ1) is 11.4. The minimum absolute atomic E-state index is 0.174. The highest BCUT2D eigenvalue weighted by molar-refractivity contribution is 9.11. The van der Waals surface area contributed by atoms with Crippen LogP contribution in [0.2, 0.25) is 0 Å². The van der Waals surface area contributed by atoms with Crippen LogP contribution in [0.4, 0.5) is 0 Å².